The van der Waals surface area contributed by atoms with E-state index < -0.39 is 22.4 Å². The third kappa shape index (κ3) is 4.84. The van der Waals surface area contributed by atoms with Crippen molar-refractivity contribution in [3.8, 4) is 5.75 Å². The molecule has 4 N–H and O–H groups in total. The van der Waals surface area contributed by atoms with Crippen molar-refractivity contribution >= 4 is 27.7 Å². The van der Waals surface area contributed by atoms with Gasteiger partial charge in [0, 0.05) is 6.07 Å². The molecule has 0 saturated carbocycles. The molecule has 1 aromatic carbocycles. The lowest BCUT2D eigenvalue weighted by molar-refractivity contribution is 0.121. The molecule has 0 aliphatic carbocycles. The highest BCUT2D eigenvalue weighted by Gasteiger charge is 2.16. The molecule has 0 bridgehead atoms. The topological polar surface area (TPSA) is 120 Å². The summed E-state index contributed by atoms with van der Waals surface area (Å²) >= 11 is 0. The molecule has 0 unspecified atom stereocenters. The number of nitrogen functional groups attached to an aromatic ring is 1. The molecule has 0 saturated heterocycles. The van der Waals surface area contributed by atoms with E-state index in [9.17, 15) is 13.2 Å². The zero-order valence-electron chi connectivity index (χ0n) is 11.3. The van der Waals surface area contributed by atoms with Gasteiger partial charge in [-0.1, -0.05) is 0 Å². The molecule has 0 fully saturated rings. The fourth-order valence-electron chi connectivity index (χ4n) is 1.30. The number of hydrogen-bond acceptors (Lipinski definition) is 6. The molecule has 20 heavy (non-hydrogen) atoms. The Bertz CT molecular complexity index is 586. The Morgan fingerprint density at radius 2 is 2.00 bits per heavy atom. The summed E-state index contributed by atoms with van der Waals surface area (Å²) in [5.41, 5.74) is 6.17. The maximum atomic E-state index is 11.7. The van der Waals surface area contributed by atoms with Crippen molar-refractivity contribution in [2.45, 2.75) is 20.0 Å². The minimum Gasteiger partial charge on any atom is -0.495 e. The van der Waals surface area contributed by atoms with Crippen molar-refractivity contribution in [2.75, 3.05) is 17.6 Å². The molecule has 0 heterocycles. The second-order valence-corrected chi connectivity index (χ2v) is 5.53. The molecule has 0 spiro atoms. The average Bonchev–Trinajstić information content (AvgIpc) is 2.29. The number of carbonyl (C=O) groups is 1. The lowest BCUT2D eigenvalue weighted by Crippen LogP contribution is -2.36. The Balaban J connectivity index is 2.78. The van der Waals surface area contributed by atoms with Crippen LogP contribution in [0.5, 0.6) is 5.75 Å². The number of benzene rings is 1. The van der Waals surface area contributed by atoms with Gasteiger partial charge >= 0.3 is 16.3 Å². The van der Waals surface area contributed by atoms with Gasteiger partial charge in [0.25, 0.3) is 0 Å². The van der Waals surface area contributed by atoms with E-state index in [1.54, 1.807) is 18.6 Å². The predicted octanol–water partition coefficient (Wildman–Crippen LogP) is 1.07. The van der Waals surface area contributed by atoms with Gasteiger partial charge in [0.1, 0.15) is 5.75 Å². The zero-order chi connectivity index (χ0) is 15.3. The summed E-state index contributed by atoms with van der Waals surface area (Å²) in [6.45, 7) is 3.20. The van der Waals surface area contributed by atoms with E-state index in [2.05, 4.69) is 9.46 Å². The van der Waals surface area contributed by atoms with E-state index in [0.29, 0.717) is 11.4 Å². The third-order valence-corrected chi connectivity index (χ3v) is 2.99. The van der Waals surface area contributed by atoms with Crippen molar-refractivity contribution < 1.29 is 22.7 Å². The van der Waals surface area contributed by atoms with Gasteiger partial charge < -0.3 is 15.2 Å². The van der Waals surface area contributed by atoms with Crippen molar-refractivity contribution in [1.82, 2.24) is 4.72 Å². The number of nitrogens with one attached hydrogen (secondary N) is 2. The molecule has 0 radical (unpaired) electrons. The molecular weight excluding hydrogens is 286 g/mol. The number of carbonyl (C=O) groups excluding carboxylic acids is 1. The Kier molecular flexibility index (Phi) is 5.03. The van der Waals surface area contributed by atoms with Crippen molar-refractivity contribution in [2.24, 2.45) is 0 Å². The SMILES string of the molecule is COc1cc(NS(=O)(=O)NC(=O)OC(C)C)ccc1N. The first-order chi connectivity index (χ1) is 9.23. The number of hydrogen-bond donors (Lipinski definition) is 3. The maximum absolute atomic E-state index is 11.7. The first-order valence-electron chi connectivity index (χ1n) is 5.68. The molecule has 112 valence electrons. The molecule has 0 aliphatic heterocycles. The molecule has 0 atom stereocenters. The van der Waals surface area contributed by atoms with Gasteiger partial charge in [0.2, 0.25) is 0 Å². The van der Waals surface area contributed by atoms with Crippen LogP contribution in [-0.4, -0.2) is 27.7 Å². The molecule has 1 rings (SSSR count). The molecule has 1 aromatic rings. The number of amides is 1. The number of rotatable bonds is 5. The fraction of sp³-hybridized carbons (Fsp3) is 0.364. The van der Waals surface area contributed by atoms with Gasteiger partial charge in [-0.3, -0.25) is 4.72 Å². The van der Waals surface area contributed by atoms with E-state index in [1.807, 2.05) is 0 Å². The summed E-state index contributed by atoms with van der Waals surface area (Å²) in [6, 6.07) is 4.30. The summed E-state index contributed by atoms with van der Waals surface area (Å²) in [6.07, 6.45) is -1.49. The quantitative estimate of drug-likeness (QED) is 0.700. The summed E-state index contributed by atoms with van der Waals surface area (Å²) < 4.78 is 36.9. The van der Waals surface area contributed by atoms with Gasteiger partial charge in [0.05, 0.1) is 24.6 Å². The van der Waals surface area contributed by atoms with Crippen LogP contribution in [0.4, 0.5) is 16.2 Å². The van der Waals surface area contributed by atoms with Crippen LogP contribution >= 0.6 is 0 Å². The monoisotopic (exact) mass is 303 g/mol. The second-order valence-electron chi connectivity index (χ2n) is 4.12. The van der Waals surface area contributed by atoms with Gasteiger partial charge in [-0.15, -0.1) is 0 Å². The van der Waals surface area contributed by atoms with Gasteiger partial charge in [0.15, 0.2) is 0 Å². The van der Waals surface area contributed by atoms with Crippen LogP contribution in [0.15, 0.2) is 18.2 Å². The van der Waals surface area contributed by atoms with Crippen molar-refractivity contribution in [3.05, 3.63) is 18.2 Å². The maximum Gasteiger partial charge on any atom is 0.422 e. The van der Waals surface area contributed by atoms with E-state index in [-0.39, 0.29) is 5.69 Å². The summed E-state index contributed by atoms with van der Waals surface area (Å²) in [7, 11) is -2.68. The number of anilines is 2. The van der Waals surface area contributed by atoms with Crippen molar-refractivity contribution in [3.63, 3.8) is 0 Å². The van der Waals surface area contributed by atoms with Crippen LogP contribution in [0.3, 0.4) is 0 Å². The largest absolute Gasteiger partial charge is 0.495 e. The van der Waals surface area contributed by atoms with Crippen LogP contribution in [0, 0.1) is 0 Å². The van der Waals surface area contributed by atoms with Crippen molar-refractivity contribution in [1.29, 1.82) is 0 Å². The molecular formula is C11H17N3O5S. The fourth-order valence-corrected chi connectivity index (χ4v) is 2.06. The smallest absolute Gasteiger partial charge is 0.422 e. The lowest BCUT2D eigenvalue weighted by atomic mass is 10.3. The Labute approximate surface area is 117 Å². The Hall–Kier alpha value is -2.16. The second kappa shape index (κ2) is 6.33. The summed E-state index contributed by atoms with van der Waals surface area (Å²) in [5, 5.41) is 0. The van der Waals surface area contributed by atoms with Gasteiger partial charge in [-0.2, -0.15) is 8.42 Å². The Morgan fingerprint density at radius 1 is 1.35 bits per heavy atom. The van der Waals surface area contributed by atoms with Crippen LogP contribution in [0.25, 0.3) is 0 Å². The van der Waals surface area contributed by atoms with E-state index in [4.69, 9.17) is 10.5 Å². The summed E-state index contributed by atoms with van der Waals surface area (Å²) in [5.74, 6) is 0.315. The first kappa shape index (κ1) is 15.9. The van der Waals surface area contributed by atoms with Crippen LogP contribution in [-0.2, 0) is 14.9 Å². The minimum absolute atomic E-state index is 0.195. The van der Waals surface area contributed by atoms with Crippen LogP contribution in [0.2, 0.25) is 0 Å². The molecule has 9 heteroatoms. The van der Waals surface area contributed by atoms with E-state index >= 15 is 0 Å². The zero-order valence-corrected chi connectivity index (χ0v) is 12.2. The standard InChI is InChI=1S/C11H17N3O5S/c1-7(2)19-11(15)14-20(16,17)13-8-4-5-9(12)10(6-8)18-3/h4-7,13H,12H2,1-3H3,(H,14,15). The molecule has 0 aromatic heterocycles. The first-order valence-corrected chi connectivity index (χ1v) is 7.16. The van der Waals surface area contributed by atoms with E-state index in [1.165, 1.54) is 25.3 Å². The summed E-state index contributed by atoms with van der Waals surface area (Å²) in [4.78, 5) is 11.2. The molecule has 1 amide bonds. The lowest BCUT2D eigenvalue weighted by Gasteiger charge is -2.12. The third-order valence-electron chi connectivity index (χ3n) is 2.05. The number of methoxy groups -OCH3 is 1. The highest BCUT2D eigenvalue weighted by molar-refractivity contribution is 7.91. The number of nitrogens with two attached hydrogens (primary N) is 1. The number of ether oxygens (including phenoxy) is 2. The highest BCUT2D eigenvalue weighted by atomic mass is 32.2. The van der Waals surface area contributed by atoms with Crippen LogP contribution in [0.1, 0.15) is 13.8 Å². The normalized spacial score (nSPS) is 11.0. The van der Waals surface area contributed by atoms with Gasteiger partial charge in [-0.25, -0.2) is 9.52 Å². The van der Waals surface area contributed by atoms with Crippen LogP contribution < -0.4 is 19.9 Å². The van der Waals surface area contributed by atoms with Gasteiger partial charge in [-0.05, 0) is 26.0 Å². The highest BCUT2D eigenvalue weighted by Crippen LogP contribution is 2.25. The average molecular weight is 303 g/mol. The Morgan fingerprint density at radius 3 is 2.55 bits per heavy atom. The van der Waals surface area contributed by atoms with E-state index in [0.717, 1.165) is 0 Å². The predicted molar refractivity (Wildman–Crippen MR) is 74.7 cm³/mol. The molecule has 8 nitrogen and oxygen atoms in total. The minimum atomic E-state index is -4.09. The molecule has 0 aliphatic rings.